The number of fused-ring (bicyclic) bond motifs is 4. The molecule has 8 rings (SSSR count). The minimum Gasteiger partial charge on any atom is -0.147 e. The molecule has 0 aliphatic heterocycles. The first-order valence-electron chi connectivity index (χ1n) is 18.7. The molecule has 0 spiro atoms. The van der Waals surface area contributed by atoms with Crippen molar-refractivity contribution in [1.29, 1.82) is 0 Å². The molecule has 0 aromatic heterocycles. The fourth-order valence-electron chi connectivity index (χ4n) is 10.0. The van der Waals surface area contributed by atoms with Crippen LogP contribution in [0.1, 0.15) is 70.0 Å². The van der Waals surface area contributed by atoms with Gasteiger partial charge in [-0.2, -0.15) is 0 Å². The van der Waals surface area contributed by atoms with Gasteiger partial charge in [-0.1, -0.05) is 0 Å². The van der Waals surface area contributed by atoms with Crippen molar-refractivity contribution in [2.24, 2.45) is 11.8 Å². The molecule has 2 aliphatic rings. The monoisotopic (exact) mass is 816 g/mol. The van der Waals surface area contributed by atoms with Crippen LogP contribution in [0.5, 0.6) is 0 Å². The molecule has 0 fully saturated rings. The van der Waals surface area contributed by atoms with E-state index in [1.54, 1.807) is 22.3 Å². The van der Waals surface area contributed by atoms with Crippen LogP contribution >= 0.6 is 24.8 Å². The van der Waals surface area contributed by atoms with Gasteiger partial charge in [0.25, 0.3) is 0 Å². The fourth-order valence-corrected chi connectivity index (χ4v) is 29.8. The van der Waals surface area contributed by atoms with E-state index in [1.165, 1.54) is 54.9 Å². The Morgan fingerprint density at radius 1 is 0.481 bits per heavy atom. The van der Waals surface area contributed by atoms with Gasteiger partial charge < -0.3 is 0 Å². The van der Waals surface area contributed by atoms with Gasteiger partial charge >= 0.3 is 304 Å². The van der Waals surface area contributed by atoms with E-state index in [-0.39, 0.29) is 24.8 Å². The molecule has 0 saturated heterocycles. The molecule has 0 amide bonds. The van der Waals surface area contributed by atoms with Crippen molar-refractivity contribution in [2.45, 2.75) is 57.1 Å². The van der Waals surface area contributed by atoms with Crippen molar-refractivity contribution in [2.75, 3.05) is 0 Å². The molecule has 0 heterocycles. The average molecular weight is 819 g/mol. The maximum atomic E-state index is 2.82. The normalized spacial score (nSPS) is 16.7. The summed E-state index contributed by atoms with van der Waals surface area (Å²) in [4.78, 5) is 0. The standard InChI is InChI=1S/2C23H21.2CH3.2ClH.H2Si.Zr/c2*1-16(2)13-17-14-19-9-6-12-22(23(19)15-17)21-11-5-8-18-7-3-4-10-20(18)21;;;;;;/h2*3-12,14-16H,13H2,1-2H3;2*1H3;2*1H;1H2;. The Balaban J connectivity index is 0.00000232. The van der Waals surface area contributed by atoms with Gasteiger partial charge in [0.15, 0.2) is 0 Å². The maximum absolute atomic E-state index is 3.83. The Bertz CT molecular complexity index is 2270. The summed E-state index contributed by atoms with van der Waals surface area (Å²) in [5.74, 6) is 1.21. The van der Waals surface area contributed by atoms with Gasteiger partial charge in [-0.25, -0.2) is 0 Å². The molecule has 2 unspecified atom stereocenters. The summed E-state index contributed by atoms with van der Waals surface area (Å²) in [5.41, 5.74) is 14.9. The van der Waals surface area contributed by atoms with Crippen LogP contribution in [-0.2, 0) is 17.4 Å². The second-order valence-corrected chi connectivity index (χ2v) is 47.6. The number of allylic oxidation sites excluding steroid dienone is 2. The van der Waals surface area contributed by atoms with Gasteiger partial charge in [0.1, 0.15) is 0 Å². The largest absolute Gasteiger partial charge is 0.147 e. The number of halogens is 2. The molecule has 0 nitrogen and oxygen atoms in total. The minimum atomic E-state index is -3.83. The van der Waals surface area contributed by atoms with Gasteiger partial charge in [-0.15, -0.1) is 24.8 Å². The van der Waals surface area contributed by atoms with Crippen LogP contribution in [0.25, 0.3) is 56.0 Å². The molecule has 2 aliphatic carbocycles. The summed E-state index contributed by atoms with van der Waals surface area (Å²) in [7, 11) is 0. The number of hydrogen-bond donors (Lipinski definition) is 0. The average Bonchev–Trinajstić information content (AvgIpc) is 3.66. The van der Waals surface area contributed by atoms with Crippen molar-refractivity contribution in [3.8, 4) is 22.3 Å². The van der Waals surface area contributed by atoms with Crippen molar-refractivity contribution >= 4 is 65.4 Å². The molecule has 6 aromatic rings. The predicted octanol–water partition coefficient (Wildman–Crippen LogP) is 14.2. The van der Waals surface area contributed by atoms with E-state index in [0.29, 0.717) is 19.1 Å². The molecule has 0 radical (unpaired) electrons. The van der Waals surface area contributed by atoms with E-state index >= 15 is 0 Å². The van der Waals surface area contributed by atoms with Gasteiger partial charge in [0.2, 0.25) is 0 Å². The number of rotatable bonds is 8. The van der Waals surface area contributed by atoms with Crippen molar-refractivity contribution in [1.82, 2.24) is 0 Å². The Morgan fingerprint density at radius 3 is 1.23 bits per heavy atom. The van der Waals surface area contributed by atoms with Crippen LogP contribution in [0.3, 0.4) is 0 Å². The summed E-state index contributed by atoms with van der Waals surface area (Å²) < 4.78 is 6.62. The molecule has 6 aromatic carbocycles. The van der Waals surface area contributed by atoms with E-state index in [1.807, 2.05) is 0 Å². The van der Waals surface area contributed by atoms with Gasteiger partial charge in [0.05, 0.1) is 0 Å². The van der Waals surface area contributed by atoms with Crippen LogP contribution in [-0.4, -0.2) is 6.88 Å². The van der Waals surface area contributed by atoms with Crippen LogP contribution < -0.4 is 0 Å². The Kier molecular flexibility index (Phi) is 10.9. The summed E-state index contributed by atoms with van der Waals surface area (Å²) in [5, 5.41) is 5.30. The molecule has 2 atom stereocenters. The second kappa shape index (κ2) is 14.7. The fraction of sp³-hybridized carbons (Fsp3) is 0.250. The van der Waals surface area contributed by atoms with Crippen LogP contribution in [0.15, 0.2) is 132 Å². The van der Waals surface area contributed by atoms with Crippen LogP contribution in [0.4, 0.5) is 0 Å². The smallest absolute Gasteiger partial charge is 0.147 e. The van der Waals surface area contributed by atoms with E-state index < -0.39 is 17.4 Å². The van der Waals surface area contributed by atoms with Crippen molar-refractivity contribution < 1.29 is 17.4 Å². The molecule has 0 saturated carbocycles. The van der Waals surface area contributed by atoms with Gasteiger partial charge in [0, 0.05) is 0 Å². The third kappa shape index (κ3) is 6.57. The van der Waals surface area contributed by atoms with E-state index in [0.717, 1.165) is 12.8 Å². The summed E-state index contributed by atoms with van der Waals surface area (Å²) in [6.07, 6.45) is 7.60. The number of benzene rings is 6. The van der Waals surface area contributed by atoms with Gasteiger partial charge in [-0.05, 0) is 0 Å². The topological polar surface area (TPSA) is 0 Å². The predicted molar refractivity (Wildman–Crippen MR) is 234 cm³/mol. The van der Waals surface area contributed by atoms with Crippen molar-refractivity contribution in [3.05, 3.63) is 155 Å². The zero-order chi connectivity index (χ0) is 34.8. The third-order valence-corrected chi connectivity index (χ3v) is 29.2. The molecule has 0 N–H and O–H groups in total. The first-order valence-corrected chi connectivity index (χ1v) is 32.4. The summed E-state index contributed by atoms with van der Waals surface area (Å²) in [6, 6.07) is 45.9. The first-order chi connectivity index (χ1) is 24.0. The Morgan fingerprint density at radius 2 is 0.827 bits per heavy atom. The molecular weight excluding hydrogens is 767 g/mol. The SMILES string of the molecule is CC(C)CC1=Cc2c(-c3cccc4ccccc34)cccc2[CH]1[Zr]([CH3])([CH3])(=[SiH2])[CH]1C(CC(C)C)=Cc2c(-c3cccc4ccccc34)cccc21.Cl.Cl. The first kappa shape index (κ1) is 38.7. The maximum Gasteiger partial charge on any atom is -0.147 e. The van der Waals surface area contributed by atoms with E-state index in [9.17, 15) is 0 Å². The number of hydrogen-bond acceptors (Lipinski definition) is 0. The van der Waals surface area contributed by atoms with Gasteiger partial charge in [-0.3, -0.25) is 0 Å². The third-order valence-electron chi connectivity index (χ3n) is 11.6. The molecular formula is C48H52Cl2SiZr. The molecule has 266 valence electrons. The van der Waals surface area contributed by atoms with E-state index in [2.05, 4.69) is 177 Å². The molecule has 52 heavy (non-hydrogen) atoms. The summed E-state index contributed by atoms with van der Waals surface area (Å²) >= 11 is -3.83. The zero-order valence-electron chi connectivity index (χ0n) is 31.4. The van der Waals surface area contributed by atoms with Crippen LogP contribution in [0, 0.1) is 11.8 Å². The quantitative estimate of drug-likeness (QED) is 0.134. The zero-order valence-corrected chi connectivity index (χ0v) is 37.0. The van der Waals surface area contributed by atoms with E-state index in [4.69, 9.17) is 0 Å². The van der Waals surface area contributed by atoms with Crippen LogP contribution in [0.2, 0.25) is 9.26 Å². The summed E-state index contributed by atoms with van der Waals surface area (Å²) in [6.45, 7) is 12.1. The minimum absolute atomic E-state index is 0. The second-order valence-electron chi connectivity index (χ2n) is 17.1. The molecule has 0 bridgehead atoms. The molecule has 4 heteroatoms. The van der Waals surface area contributed by atoms with Crippen molar-refractivity contribution in [3.63, 3.8) is 0 Å². The Hall–Kier alpha value is -3.00. The Labute approximate surface area is 326 Å².